The summed E-state index contributed by atoms with van der Waals surface area (Å²) in [5.41, 5.74) is 8.25. The van der Waals surface area contributed by atoms with E-state index in [1.165, 1.54) is 39.0 Å². The summed E-state index contributed by atoms with van der Waals surface area (Å²) in [6.45, 7) is 21.6. The lowest BCUT2D eigenvalue weighted by Gasteiger charge is -2.44. The second kappa shape index (κ2) is 14.4. The predicted molar refractivity (Wildman–Crippen MR) is 184 cm³/mol. The molecule has 43 heavy (non-hydrogen) atoms. The van der Waals surface area contributed by atoms with E-state index in [0.717, 1.165) is 19.3 Å². The van der Waals surface area contributed by atoms with Gasteiger partial charge in [0.2, 0.25) is 0 Å². The minimum Gasteiger partial charge on any atom is -0.393 e. The van der Waals surface area contributed by atoms with Crippen LogP contribution in [-0.2, 0) is 4.74 Å². The van der Waals surface area contributed by atoms with Gasteiger partial charge in [0.1, 0.15) is 0 Å². The third kappa shape index (κ3) is 9.63. The summed E-state index contributed by atoms with van der Waals surface area (Å²) in [5.74, 6) is 0. The fourth-order valence-corrected chi connectivity index (χ4v) is 7.02. The first kappa shape index (κ1) is 34.8. The van der Waals surface area contributed by atoms with Gasteiger partial charge in [-0.25, -0.2) is 0 Å². The number of rotatable bonds is 9. The molecule has 0 unspecified atom stereocenters. The Balaban J connectivity index is 1.52. The molecule has 3 nitrogen and oxygen atoms in total. The van der Waals surface area contributed by atoms with Crippen molar-refractivity contribution in [1.82, 2.24) is 0 Å². The standard InChI is InChI=1S/C40H56O3/c1-28(17-13-18-30(3)21-22-35-32(5)23-33(41)25-38(35,6)7)15-11-12-16-29(2)19-14-20-31(4)36-24-37-39(8,9)26-34(42)27-40(37,10)43-36/h11-22,24,33-34,36,41-42H,23,25-27H2,1-10H3/b12-11+,17-13+,19-14+,22-21+,28-15+,29-16+,30-18+,31-20+/t33-,34-,36-,40+/m0/s1. The Bertz CT molecular complexity index is 1330. The zero-order chi connectivity index (χ0) is 32.0. The summed E-state index contributed by atoms with van der Waals surface area (Å²) < 4.78 is 6.46. The van der Waals surface area contributed by atoms with Crippen molar-refractivity contribution in [2.75, 3.05) is 0 Å². The lowest BCUT2D eigenvalue weighted by molar-refractivity contribution is -0.0683. The van der Waals surface area contributed by atoms with Crippen LogP contribution in [-0.4, -0.2) is 34.1 Å². The lowest BCUT2D eigenvalue weighted by atomic mass is 9.65. The van der Waals surface area contributed by atoms with Gasteiger partial charge in [-0.3, -0.25) is 0 Å². The maximum absolute atomic E-state index is 10.4. The molecule has 1 aliphatic heterocycles. The molecule has 0 aromatic carbocycles. The van der Waals surface area contributed by atoms with Gasteiger partial charge in [0.25, 0.3) is 0 Å². The minimum absolute atomic E-state index is 0.00171. The van der Waals surface area contributed by atoms with Crippen molar-refractivity contribution in [3.8, 4) is 0 Å². The Labute approximate surface area is 262 Å². The molecule has 3 heteroatoms. The van der Waals surface area contributed by atoms with Crippen molar-refractivity contribution < 1.29 is 14.9 Å². The van der Waals surface area contributed by atoms with Gasteiger partial charge in [-0.2, -0.15) is 0 Å². The molecule has 3 rings (SSSR count). The van der Waals surface area contributed by atoms with E-state index < -0.39 is 0 Å². The van der Waals surface area contributed by atoms with Gasteiger partial charge in [0.15, 0.2) is 0 Å². The van der Waals surface area contributed by atoms with E-state index in [0.29, 0.717) is 6.42 Å². The number of hydrogen-bond acceptors (Lipinski definition) is 3. The van der Waals surface area contributed by atoms with E-state index in [-0.39, 0.29) is 34.7 Å². The normalized spacial score (nSPS) is 30.8. The average molecular weight is 585 g/mol. The zero-order valence-corrected chi connectivity index (χ0v) is 28.4. The van der Waals surface area contributed by atoms with Crippen LogP contribution in [0, 0.1) is 10.8 Å². The largest absolute Gasteiger partial charge is 0.393 e. The number of hydrogen-bond donors (Lipinski definition) is 2. The first-order valence-corrected chi connectivity index (χ1v) is 15.9. The summed E-state index contributed by atoms with van der Waals surface area (Å²) in [7, 11) is 0. The van der Waals surface area contributed by atoms with Gasteiger partial charge < -0.3 is 14.9 Å². The number of allylic oxidation sites excluding steroid dienone is 16. The highest BCUT2D eigenvalue weighted by Gasteiger charge is 2.50. The first-order valence-electron chi connectivity index (χ1n) is 15.9. The summed E-state index contributed by atoms with van der Waals surface area (Å²) in [6.07, 6.45) is 30.2. The van der Waals surface area contributed by atoms with E-state index in [1.807, 2.05) is 0 Å². The highest BCUT2D eigenvalue weighted by atomic mass is 16.5. The van der Waals surface area contributed by atoms with Crippen LogP contribution in [0.15, 0.2) is 118 Å². The molecule has 3 aliphatic rings. The second-order valence-corrected chi connectivity index (χ2v) is 14.5. The molecule has 234 valence electrons. The molecule has 0 saturated heterocycles. The highest BCUT2D eigenvalue weighted by Crippen LogP contribution is 2.52. The van der Waals surface area contributed by atoms with E-state index in [1.54, 1.807) is 0 Å². The summed E-state index contributed by atoms with van der Waals surface area (Å²) in [4.78, 5) is 0. The third-order valence-electron chi connectivity index (χ3n) is 9.08. The molecule has 2 aliphatic carbocycles. The Hall–Kier alpha value is -2.72. The molecule has 0 aromatic heterocycles. The maximum Gasteiger partial charge on any atom is 0.0982 e. The van der Waals surface area contributed by atoms with Crippen LogP contribution in [0.3, 0.4) is 0 Å². The average Bonchev–Trinajstić information content (AvgIpc) is 3.23. The first-order chi connectivity index (χ1) is 20.0. The Morgan fingerprint density at radius 3 is 1.86 bits per heavy atom. The molecule has 4 atom stereocenters. The Morgan fingerprint density at radius 2 is 1.26 bits per heavy atom. The van der Waals surface area contributed by atoms with E-state index >= 15 is 0 Å². The molecule has 2 N–H and O–H groups in total. The monoisotopic (exact) mass is 584 g/mol. The van der Waals surface area contributed by atoms with Crippen molar-refractivity contribution in [3.05, 3.63) is 118 Å². The molecular formula is C40H56O3. The van der Waals surface area contributed by atoms with Gasteiger partial charge in [0, 0.05) is 6.42 Å². The van der Waals surface area contributed by atoms with Gasteiger partial charge in [0.05, 0.1) is 23.9 Å². The van der Waals surface area contributed by atoms with Crippen LogP contribution in [0.1, 0.15) is 94.9 Å². The van der Waals surface area contributed by atoms with Crippen LogP contribution in [0.25, 0.3) is 0 Å². The van der Waals surface area contributed by atoms with Crippen molar-refractivity contribution in [1.29, 1.82) is 0 Å². The molecule has 0 amide bonds. The third-order valence-corrected chi connectivity index (χ3v) is 9.08. The smallest absolute Gasteiger partial charge is 0.0982 e. The van der Waals surface area contributed by atoms with E-state index in [4.69, 9.17) is 4.74 Å². The molecule has 1 heterocycles. The zero-order valence-electron chi connectivity index (χ0n) is 28.4. The Kier molecular flexibility index (Phi) is 11.6. The summed E-state index contributed by atoms with van der Waals surface area (Å²) in [6, 6.07) is 0. The van der Waals surface area contributed by atoms with Gasteiger partial charge in [-0.05, 0) is 94.4 Å². The minimum atomic E-state index is -0.381. The maximum atomic E-state index is 10.4. The van der Waals surface area contributed by atoms with Crippen LogP contribution in [0.4, 0.5) is 0 Å². The molecule has 0 aromatic rings. The van der Waals surface area contributed by atoms with Gasteiger partial charge >= 0.3 is 0 Å². The molecule has 0 bridgehead atoms. The summed E-state index contributed by atoms with van der Waals surface area (Å²) >= 11 is 0. The molecule has 0 radical (unpaired) electrons. The van der Waals surface area contributed by atoms with Crippen molar-refractivity contribution in [2.24, 2.45) is 10.8 Å². The number of ether oxygens (including phenoxy) is 1. The van der Waals surface area contributed by atoms with Crippen molar-refractivity contribution in [3.63, 3.8) is 0 Å². The number of aliphatic hydroxyl groups is 2. The van der Waals surface area contributed by atoms with Crippen molar-refractivity contribution in [2.45, 2.75) is 119 Å². The van der Waals surface area contributed by atoms with E-state index in [9.17, 15) is 10.2 Å². The van der Waals surface area contributed by atoms with Gasteiger partial charge in [-0.1, -0.05) is 123 Å². The van der Waals surface area contributed by atoms with Gasteiger partial charge in [-0.15, -0.1) is 0 Å². The predicted octanol–water partition coefficient (Wildman–Crippen LogP) is 9.76. The molecular weight excluding hydrogens is 528 g/mol. The van der Waals surface area contributed by atoms with E-state index in [2.05, 4.69) is 148 Å². The quantitative estimate of drug-likeness (QED) is 0.209. The SMILES string of the molecule is CC1=C(/C=C/C(C)=C/C=C/C(C)=C/C=C/C=C(C)/C=C/C=C(\C)[C@@H]2C=C3C(C)(C)C[C@H](O)C[C@@]3(C)O2)C(C)(C)C[C@@H](O)C1. The topological polar surface area (TPSA) is 49.7 Å². The van der Waals surface area contributed by atoms with Crippen LogP contribution < -0.4 is 0 Å². The van der Waals surface area contributed by atoms with Crippen LogP contribution in [0.5, 0.6) is 0 Å². The van der Waals surface area contributed by atoms with Crippen LogP contribution in [0.2, 0.25) is 0 Å². The van der Waals surface area contributed by atoms with Crippen LogP contribution >= 0.6 is 0 Å². The lowest BCUT2D eigenvalue weighted by Crippen LogP contribution is -2.45. The number of aliphatic hydroxyl groups excluding tert-OH is 2. The Morgan fingerprint density at radius 1 is 0.721 bits per heavy atom. The number of fused-ring (bicyclic) bond motifs is 1. The van der Waals surface area contributed by atoms with Crippen molar-refractivity contribution >= 4 is 0 Å². The molecule has 0 spiro atoms. The molecule has 1 fully saturated rings. The highest BCUT2D eigenvalue weighted by molar-refractivity contribution is 5.39. The molecule has 1 saturated carbocycles. The fourth-order valence-electron chi connectivity index (χ4n) is 7.02. The second-order valence-electron chi connectivity index (χ2n) is 14.5. The fraction of sp³-hybridized carbons (Fsp3) is 0.500. The summed E-state index contributed by atoms with van der Waals surface area (Å²) in [5, 5.41) is 20.5.